The molecule has 1 aliphatic rings. The molecule has 1 amide bonds. The molecule has 0 unspecified atom stereocenters. The summed E-state index contributed by atoms with van der Waals surface area (Å²) in [7, 11) is 0. The summed E-state index contributed by atoms with van der Waals surface area (Å²) in [5.74, 6) is 0.175. The van der Waals surface area contributed by atoms with Crippen molar-refractivity contribution >= 4 is 17.2 Å². The number of aromatic nitrogens is 2. The highest BCUT2D eigenvalue weighted by atomic mass is 32.1. The number of likely N-dealkylation sites (tertiary alicyclic amines) is 1. The van der Waals surface area contributed by atoms with E-state index in [9.17, 15) is 4.79 Å². The Kier molecular flexibility index (Phi) is 4.29. The van der Waals surface area contributed by atoms with E-state index < -0.39 is 0 Å². The molecule has 4 nitrogen and oxygen atoms in total. The number of rotatable bonds is 3. The van der Waals surface area contributed by atoms with Gasteiger partial charge in [0.25, 0.3) is 0 Å². The van der Waals surface area contributed by atoms with Crippen molar-refractivity contribution in [2.45, 2.75) is 38.6 Å². The molecule has 110 valence electrons. The van der Waals surface area contributed by atoms with Crippen molar-refractivity contribution < 1.29 is 4.79 Å². The first kappa shape index (κ1) is 14.2. The van der Waals surface area contributed by atoms with Gasteiger partial charge in [-0.2, -0.15) is 0 Å². The zero-order valence-corrected chi connectivity index (χ0v) is 13.0. The van der Waals surface area contributed by atoms with Crippen LogP contribution in [0.1, 0.15) is 41.6 Å². The van der Waals surface area contributed by atoms with Gasteiger partial charge in [-0.05, 0) is 37.8 Å². The number of aryl methyl sites for hydroxylation is 1. The minimum Gasteiger partial charge on any atom is -0.335 e. The second-order valence-electron chi connectivity index (χ2n) is 5.42. The van der Waals surface area contributed by atoms with Crippen molar-refractivity contribution in [2.75, 3.05) is 6.54 Å². The van der Waals surface area contributed by atoms with Gasteiger partial charge < -0.3 is 4.90 Å². The Bertz CT molecular complexity index is 611. The summed E-state index contributed by atoms with van der Waals surface area (Å²) in [6, 6.07) is 4.17. The number of hydrogen-bond donors (Lipinski definition) is 0. The Morgan fingerprint density at radius 3 is 3.10 bits per heavy atom. The van der Waals surface area contributed by atoms with Crippen LogP contribution in [0, 0.1) is 6.92 Å². The fourth-order valence-corrected chi connectivity index (χ4v) is 3.51. The van der Waals surface area contributed by atoms with Crippen LogP contribution in [0.25, 0.3) is 0 Å². The molecule has 0 aromatic carbocycles. The monoisotopic (exact) mass is 301 g/mol. The Balaban J connectivity index is 1.76. The molecule has 5 heteroatoms. The first-order valence-electron chi connectivity index (χ1n) is 7.34. The van der Waals surface area contributed by atoms with Crippen LogP contribution in [0.15, 0.2) is 29.9 Å². The van der Waals surface area contributed by atoms with Crippen molar-refractivity contribution in [2.24, 2.45) is 0 Å². The quantitative estimate of drug-likeness (QED) is 0.875. The zero-order valence-electron chi connectivity index (χ0n) is 12.2. The summed E-state index contributed by atoms with van der Waals surface area (Å²) in [4.78, 5) is 23.2. The SMILES string of the molecule is Cc1nc(CC(=O)N2CCCC[C@@H]2c2cccnc2)cs1. The largest absolute Gasteiger partial charge is 0.335 e. The van der Waals surface area contributed by atoms with Gasteiger partial charge in [0.05, 0.1) is 23.2 Å². The number of amides is 1. The predicted molar refractivity (Wildman–Crippen MR) is 83.1 cm³/mol. The first-order chi connectivity index (χ1) is 10.2. The minimum atomic E-state index is 0.166. The lowest BCUT2D eigenvalue weighted by Crippen LogP contribution is -2.39. The molecule has 0 N–H and O–H groups in total. The van der Waals surface area contributed by atoms with Crippen LogP contribution in [-0.2, 0) is 11.2 Å². The highest BCUT2D eigenvalue weighted by Crippen LogP contribution is 2.30. The number of carbonyl (C=O) groups is 1. The van der Waals surface area contributed by atoms with Crippen LogP contribution in [0.3, 0.4) is 0 Å². The molecular formula is C16H19N3OS. The third-order valence-corrected chi connectivity index (χ3v) is 4.71. The number of carbonyl (C=O) groups excluding carboxylic acids is 1. The minimum absolute atomic E-state index is 0.166. The van der Waals surface area contributed by atoms with Gasteiger partial charge in [-0.15, -0.1) is 11.3 Å². The van der Waals surface area contributed by atoms with Crippen molar-refractivity contribution in [1.82, 2.24) is 14.9 Å². The predicted octanol–water partition coefficient (Wildman–Crippen LogP) is 3.14. The average molecular weight is 301 g/mol. The van der Waals surface area contributed by atoms with Gasteiger partial charge in [-0.3, -0.25) is 9.78 Å². The van der Waals surface area contributed by atoms with E-state index in [1.165, 1.54) is 6.42 Å². The van der Waals surface area contributed by atoms with Crippen LogP contribution in [0.4, 0.5) is 0 Å². The molecule has 3 rings (SSSR count). The van der Waals surface area contributed by atoms with Gasteiger partial charge in [0, 0.05) is 24.3 Å². The third kappa shape index (κ3) is 3.29. The molecular weight excluding hydrogens is 282 g/mol. The van der Waals surface area contributed by atoms with E-state index in [-0.39, 0.29) is 11.9 Å². The molecule has 2 aromatic rings. The van der Waals surface area contributed by atoms with E-state index in [0.717, 1.165) is 35.7 Å². The number of thiazole rings is 1. The molecule has 0 spiro atoms. The maximum absolute atomic E-state index is 12.6. The summed E-state index contributed by atoms with van der Waals surface area (Å²) in [6.07, 6.45) is 7.33. The Labute approximate surface area is 128 Å². The standard InChI is InChI=1S/C16H19N3OS/c1-12-18-14(11-21-12)9-16(20)19-8-3-2-6-15(19)13-5-4-7-17-10-13/h4-5,7,10-11,15H,2-3,6,8-9H2,1H3/t15-/m1/s1. The van der Waals surface area contributed by atoms with Gasteiger partial charge in [0.15, 0.2) is 0 Å². The first-order valence-corrected chi connectivity index (χ1v) is 8.22. The van der Waals surface area contributed by atoms with Crippen LogP contribution in [0.5, 0.6) is 0 Å². The Morgan fingerprint density at radius 2 is 2.38 bits per heavy atom. The third-order valence-electron chi connectivity index (χ3n) is 3.89. The van der Waals surface area contributed by atoms with E-state index in [4.69, 9.17) is 0 Å². The molecule has 3 heterocycles. The van der Waals surface area contributed by atoms with Gasteiger partial charge in [0.2, 0.25) is 5.91 Å². The van der Waals surface area contributed by atoms with E-state index in [1.54, 1.807) is 17.5 Å². The number of hydrogen-bond acceptors (Lipinski definition) is 4. The highest BCUT2D eigenvalue weighted by molar-refractivity contribution is 7.09. The van der Waals surface area contributed by atoms with Gasteiger partial charge in [0.1, 0.15) is 0 Å². The second kappa shape index (κ2) is 6.35. The van der Waals surface area contributed by atoms with Gasteiger partial charge >= 0.3 is 0 Å². The van der Waals surface area contributed by atoms with Crippen molar-refractivity contribution in [3.63, 3.8) is 0 Å². The lowest BCUT2D eigenvalue weighted by atomic mass is 9.96. The number of nitrogens with zero attached hydrogens (tertiary/aromatic N) is 3. The van der Waals surface area contributed by atoms with Crippen molar-refractivity contribution in [3.05, 3.63) is 46.2 Å². The molecule has 1 saturated heterocycles. The Morgan fingerprint density at radius 1 is 1.48 bits per heavy atom. The summed E-state index contributed by atoms with van der Waals surface area (Å²) in [6.45, 7) is 2.81. The van der Waals surface area contributed by atoms with Crippen LogP contribution >= 0.6 is 11.3 Å². The maximum Gasteiger partial charge on any atom is 0.229 e. The lowest BCUT2D eigenvalue weighted by molar-refractivity contribution is -0.134. The highest BCUT2D eigenvalue weighted by Gasteiger charge is 2.28. The molecule has 0 radical (unpaired) electrons. The molecule has 1 atom stereocenters. The molecule has 0 bridgehead atoms. The topological polar surface area (TPSA) is 46.1 Å². The zero-order chi connectivity index (χ0) is 14.7. The van der Waals surface area contributed by atoms with Gasteiger partial charge in [-0.1, -0.05) is 6.07 Å². The van der Waals surface area contributed by atoms with E-state index >= 15 is 0 Å². The molecule has 0 aliphatic carbocycles. The second-order valence-corrected chi connectivity index (χ2v) is 6.48. The van der Waals surface area contributed by atoms with E-state index in [1.807, 2.05) is 29.5 Å². The number of pyridine rings is 1. The van der Waals surface area contributed by atoms with Crippen LogP contribution in [0.2, 0.25) is 0 Å². The average Bonchev–Trinajstić information content (AvgIpc) is 2.93. The fourth-order valence-electron chi connectivity index (χ4n) is 2.90. The molecule has 0 saturated carbocycles. The molecule has 2 aromatic heterocycles. The summed E-state index contributed by atoms with van der Waals surface area (Å²) >= 11 is 1.60. The van der Waals surface area contributed by atoms with E-state index in [2.05, 4.69) is 16.0 Å². The van der Waals surface area contributed by atoms with Crippen LogP contribution in [-0.4, -0.2) is 27.3 Å². The van der Waals surface area contributed by atoms with E-state index in [0.29, 0.717) is 6.42 Å². The fraction of sp³-hybridized carbons (Fsp3) is 0.438. The molecule has 1 aliphatic heterocycles. The summed E-state index contributed by atoms with van der Waals surface area (Å²) in [5, 5.41) is 3.00. The molecule has 21 heavy (non-hydrogen) atoms. The number of piperidine rings is 1. The smallest absolute Gasteiger partial charge is 0.229 e. The summed E-state index contributed by atoms with van der Waals surface area (Å²) in [5.41, 5.74) is 2.03. The lowest BCUT2D eigenvalue weighted by Gasteiger charge is -2.36. The van der Waals surface area contributed by atoms with Gasteiger partial charge in [-0.25, -0.2) is 4.98 Å². The maximum atomic E-state index is 12.6. The normalized spacial score (nSPS) is 18.7. The van der Waals surface area contributed by atoms with Crippen LogP contribution < -0.4 is 0 Å². The van der Waals surface area contributed by atoms with Crippen molar-refractivity contribution in [3.8, 4) is 0 Å². The summed E-state index contributed by atoms with van der Waals surface area (Å²) < 4.78 is 0. The molecule has 1 fully saturated rings. The Hall–Kier alpha value is -1.75. The van der Waals surface area contributed by atoms with Crippen molar-refractivity contribution in [1.29, 1.82) is 0 Å².